The number of rotatable bonds is 9. The molecule has 12 nitrogen and oxygen atoms in total. The van der Waals surface area contributed by atoms with Crippen molar-refractivity contribution in [3.05, 3.63) is 47.2 Å². The molecule has 2 aromatic rings. The van der Waals surface area contributed by atoms with Gasteiger partial charge in [0.1, 0.15) is 5.70 Å². The second-order valence-electron chi connectivity index (χ2n) is 6.56. The molecule has 0 spiro atoms. The molecule has 32 heavy (non-hydrogen) atoms. The van der Waals surface area contributed by atoms with Crippen LogP contribution >= 0.6 is 24.4 Å². The fourth-order valence-electron chi connectivity index (χ4n) is 2.85. The second-order valence-corrected chi connectivity index (χ2v) is 7.81. The van der Waals surface area contributed by atoms with Crippen molar-refractivity contribution in [2.45, 2.75) is 17.3 Å². The van der Waals surface area contributed by atoms with Gasteiger partial charge < -0.3 is 15.5 Å². The number of nitrogens with one attached hydrogen (secondary N) is 1. The molecule has 2 heterocycles. The molecule has 0 aliphatic carbocycles. The van der Waals surface area contributed by atoms with Crippen molar-refractivity contribution in [1.82, 2.24) is 30.4 Å². The highest BCUT2D eigenvalue weighted by Gasteiger charge is 2.52. The number of thioether (sulfide) groups is 1. The first kappa shape index (κ1) is 23.4. The number of carbonyl (C=O) groups excluding carboxylic acids is 3. The summed E-state index contributed by atoms with van der Waals surface area (Å²) >= 11 is 5.23. The van der Waals surface area contributed by atoms with Crippen molar-refractivity contribution >= 4 is 48.1 Å². The summed E-state index contributed by atoms with van der Waals surface area (Å²) in [5, 5.41) is 33.2. The topological polar surface area (TPSA) is 168 Å². The molecule has 1 fully saturated rings. The van der Waals surface area contributed by atoms with Gasteiger partial charge in [0.2, 0.25) is 5.16 Å². The van der Waals surface area contributed by atoms with Crippen LogP contribution in [0.3, 0.4) is 0 Å². The molecule has 1 atom stereocenters. The van der Waals surface area contributed by atoms with Gasteiger partial charge in [-0.2, -0.15) is 12.6 Å². The first-order chi connectivity index (χ1) is 15.3. The van der Waals surface area contributed by atoms with Crippen LogP contribution in [-0.4, -0.2) is 76.6 Å². The van der Waals surface area contributed by atoms with Gasteiger partial charge >= 0.3 is 5.97 Å². The van der Waals surface area contributed by atoms with E-state index < -0.39 is 41.5 Å². The zero-order valence-electron chi connectivity index (χ0n) is 16.6. The van der Waals surface area contributed by atoms with Gasteiger partial charge in [0, 0.05) is 18.6 Å². The average molecular weight is 479 g/mol. The van der Waals surface area contributed by atoms with Gasteiger partial charge in [0.25, 0.3) is 17.7 Å². The Hall–Kier alpha value is -3.23. The normalized spacial score (nSPS) is 15.8. The van der Waals surface area contributed by atoms with E-state index in [-0.39, 0.29) is 22.6 Å². The number of aromatic nitrogens is 4. The van der Waals surface area contributed by atoms with E-state index in [1.165, 1.54) is 16.8 Å². The van der Waals surface area contributed by atoms with E-state index in [1.807, 2.05) is 0 Å². The first-order valence-electron chi connectivity index (χ1n) is 9.08. The molecule has 3 rings (SSSR count). The fraction of sp³-hybridized carbons (Fsp3) is 0.278. The number of aliphatic carboxylic acids is 1. The molecule has 3 N–H and O–H groups in total. The summed E-state index contributed by atoms with van der Waals surface area (Å²) in [6, 6.07) is 6.36. The molecule has 0 unspecified atom stereocenters. The Labute approximate surface area is 191 Å². The number of amides is 3. The Kier molecular flexibility index (Phi) is 7.27. The summed E-state index contributed by atoms with van der Waals surface area (Å²) in [6.07, 6.45) is -1.59. The van der Waals surface area contributed by atoms with Crippen LogP contribution in [0, 0.1) is 0 Å². The summed E-state index contributed by atoms with van der Waals surface area (Å²) in [5.41, 5.74) is -0.0730. The lowest BCUT2D eigenvalue weighted by molar-refractivity contribution is -0.163. The van der Waals surface area contributed by atoms with Crippen LogP contribution in [0.15, 0.2) is 46.8 Å². The van der Waals surface area contributed by atoms with Crippen LogP contribution in [-0.2, 0) is 26.2 Å². The molecule has 1 aliphatic heterocycles. The van der Waals surface area contributed by atoms with E-state index in [2.05, 4.69) is 33.5 Å². The lowest BCUT2D eigenvalue weighted by Gasteiger charge is -2.37. The van der Waals surface area contributed by atoms with Gasteiger partial charge in [0.05, 0.1) is 0 Å². The number of aliphatic hydroxyl groups is 1. The van der Waals surface area contributed by atoms with Gasteiger partial charge in [-0.1, -0.05) is 42.1 Å². The average Bonchev–Trinajstić information content (AvgIpc) is 3.21. The monoisotopic (exact) mass is 478 g/mol. The van der Waals surface area contributed by atoms with Crippen molar-refractivity contribution in [2.24, 2.45) is 7.05 Å². The van der Waals surface area contributed by atoms with Crippen LogP contribution in [0.5, 0.6) is 0 Å². The Balaban J connectivity index is 1.74. The van der Waals surface area contributed by atoms with E-state index in [0.717, 1.165) is 11.8 Å². The number of carboxylic acids is 1. The molecule has 0 radical (unpaired) electrons. The number of hydrogen-bond acceptors (Lipinski definition) is 10. The smallest absolute Gasteiger partial charge is 0.353 e. The quantitative estimate of drug-likeness (QED) is 0.117. The minimum atomic E-state index is -1.59. The zero-order valence-corrected chi connectivity index (χ0v) is 18.3. The highest BCUT2D eigenvalue weighted by molar-refractivity contribution is 7.99. The van der Waals surface area contributed by atoms with Gasteiger partial charge in [-0.15, -0.1) is 5.10 Å². The van der Waals surface area contributed by atoms with Crippen LogP contribution < -0.4 is 5.32 Å². The van der Waals surface area contributed by atoms with E-state index in [0.29, 0.717) is 10.1 Å². The summed E-state index contributed by atoms with van der Waals surface area (Å²) in [5.74, 6) is -4.30. The standard InChI is InChI=1S/C18H18N6O6S2/c1-23-18(20-21-22-23)32-8-10(7-31)12(17(29)30)24-15(27)11(16(24)28)19-14(26)13(25)9-5-3-2-4-6-9/h2-6,11,13,25,31H,7-8H2,1H3,(H,19,26)(H,29,30)/t13-/m1/s1. The maximum Gasteiger partial charge on any atom is 0.353 e. The van der Waals surface area contributed by atoms with Gasteiger partial charge in [-0.05, 0) is 21.6 Å². The van der Waals surface area contributed by atoms with E-state index in [9.17, 15) is 29.4 Å². The van der Waals surface area contributed by atoms with Gasteiger partial charge in [0.15, 0.2) is 12.1 Å². The number of imide groups is 1. The Morgan fingerprint density at radius 3 is 2.44 bits per heavy atom. The van der Waals surface area contributed by atoms with Gasteiger partial charge in [-0.25, -0.2) is 14.4 Å². The van der Waals surface area contributed by atoms with E-state index in [1.54, 1.807) is 25.2 Å². The second kappa shape index (κ2) is 9.93. The van der Waals surface area contributed by atoms with Crippen LogP contribution in [0.1, 0.15) is 11.7 Å². The molecule has 1 aromatic carbocycles. The zero-order chi connectivity index (χ0) is 23.4. The van der Waals surface area contributed by atoms with Crippen LogP contribution in [0.4, 0.5) is 0 Å². The Morgan fingerprint density at radius 2 is 1.91 bits per heavy atom. The molecule has 1 aromatic heterocycles. The molecule has 0 bridgehead atoms. The van der Waals surface area contributed by atoms with Crippen LogP contribution in [0.25, 0.3) is 0 Å². The molecule has 1 saturated heterocycles. The molecule has 14 heteroatoms. The number of tetrazole rings is 1. The number of hydrogen-bond donors (Lipinski definition) is 4. The summed E-state index contributed by atoms with van der Waals surface area (Å²) < 4.78 is 1.38. The number of carboxylic acid groups (broad SMARTS) is 1. The van der Waals surface area contributed by atoms with E-state index >= 15 is 0 Å². The highest BCUT2D eigenvalue weighted by atomic mass is 32.2. The lowest BCUT2D eigenvalue weighted by atomic mass is 10.0. The number of aryl methyl sites for hydroxylation is 1. The van der Waals surface area contributed by atoms with Gasteiger partial charge in [-0.3, -0.25) is 14.4 Å². The van der Waals surface area contributed by atoms with Crippen LogP contribution in [0.2, 0.25) is 0 Å². The Bertz CT molecular complexity index is 1070. The fourth-order valence-corrected chi connectivity index (χ4v) is 4.12. The number of β-lactam (4-membered cyclic amide) rings is 2. The van der Waals surface area contributed by atoms with Crippen molar-refractivity contribution in [2.75, 3.05) is 11.5 Å². The number of aliphatic hydroxyl groups excluding tert-OH is 1. The maximum atomic E-state index is 12.6. The molecule has 0 saturated carbocycles. The minimum absolute atomic E-state index is 0.0548. The first-order valence-corrected chi connectivity index (χ1v) is 10.7. The Morgan fingerprint density at radius 1 is 1.25 bits per heavy atom. The third kappa shape index (κ3) is 4.66. The molecule has 168 valence electrons. The van der Waals surface area contributed by atoms with Crippen molar-refractivity contribution in [3.8, 4) is 0 Å². The molecular weight excluding hydrogens is 460 g/mol. The number of likely N-dealkylation sites (tertiary alicyclic amines) is 1. The van der Waals surface area contributed by atoms with Crippen molar-refractivity contribution in [3.63, 3.8) is 0 Å². The maximum absolute atomic E-state index is 12.6. The highest BCUT2D eigenvalue weighted by Crippen LogP contribution is 2.27. The summed E-state index contributed by atoms with van der Waals surface area (Å²) in [7, 11) is 1.60. The molecule has 3 amide bonds. The lowest BCUT2D eigenvalue weighted by Crippen LogP contribution is -2.68. The van der Waals surface area contributed by atoms with Crippen molar-refractivity contribution < 1.29 is 29.4 Å². The number of nitrogens with zero attached hydrogens (tertiary/aromatic N) is 5. The minimum Gasteiger partial charge on any atom is -0.477 e. The summed E-state index contributed by atoms with van der Waals surface area (Å²) in [4.78, 5) is 49.7. The number of thiol groups is 1. The SMILES string of the molecule is Cn1nnnc1SCC(CS)=C(C(=O)O)N1C(=O)C(NC(=O)[C@H](O)c2ccccc2)C1=O. The van der Waals surface area contributed by atoms with Crippen molar-refractivity contribution in [1.29, 1.82) is 0 Å². The molecule has 1 aliphatic rings. The number of carbonyl (C=O) groups is 4. The van der Waals surface area contributed by atoms with E-state index in [4.69, 9.17) is 0 Å². The summed E-state index contributed by atoms with van der Waals surface area (Å²) in [6.45, 7) is 0. The largest absolute Gasteiger partial charge is 0.477 e. The predicted octanol–water partition coefficient (Wildman–Crippen LogP) is -0.842. The molecular formula is C18H18N6O6S2. The predicted molar refractivity (Wildman–Crippen MR) is 113 cm³/mol. The third-order valence-corrected chi connectivity index (χ3v) is 5.97. The third-order valence-electron chi connectivity index (χ3n) is 4.49. The number of benzene rings is 1.